The highest BCUT2D eigenvalue weighted by atomic mass is 15.2. The molecule has 2 heterocycles. The molecule has 104 valence electrons. The van der Waals surface area contributed by atoms with Crippen LogP contribution in [0.1, 0.15) is 25.0 Å². The second kappa shape index (κ2) is 5.87. The van der Waals surface area contributed by atoms with Gasteiger partial charge < -0.3 is 0 Å². The summed E-state index contributed by atoms with van der Waals surface area (Å²) in [5, 5.41) is 5.41. The molecule has 0 spiro atoms. The van der Waals surface area contributed by atoms with Crippen LogP contribution in [-0.4, -0.2) is 14.8 Å². The normalized spacial score (nSPS) is 10.2. The molecule has 0 fully saturated rings. The van der Waals surface area contributed by atoms with Gasteiger partial charge in [-0.1, -0.05) is 19.9 Å². The average molecular weight is 267 g/mol. The van der Waals surface area contributed by atoms with Crippen LogP contribution in [0, 0.1) is 13.8 Å². The standard InChI is InChI=1S/C15H15N3.C2H6/c1-10-6-14(16-8-11(10)2)12-4-5-15-13(7-12)9-17-18(15)3;1-2/h4-9H,1-3H3;1-2H3. The number of hydrogen-bond donors (Lipinski definition) is 0. The maximum Gasteiger partial charge on any atom is 0.0705 e. The summed E-state index contributed by atoms with van der Waals surface area (Å²) in [6.07, 6.45) is 3.82. The van der Waals surface area contributed by atoms with Gasteiger partial charge in [0.2, 0.25) is 0 Å². The van der Waals surface area contributed by atoms with Gasteiger partial charge in [0, 0.05) is 24.2 Å². The van der Waals surface area contributed by atoms with Crippen molar-refractivity contribution in [1.29, 1.82) is 0 Å². The fourth-order valence-corrected chi connectivity index (χ4v) is 2.11. The first-order valence-corrected chi connectivity index (χ1v) is 7.00. The minimum atomic E-state index is 1.02. The van der Waals surface area contributed by atoms with Crippen LogP contribution in [0.5, 0.6) is 0 Å². The Morgan fingerprint density at radius 3 is 2.40 bits per heavy atom. The SMILES string of the molecule is CC.Cc1cnc(-c2ccc3c(cnn3C)c2)cc1C. The molecule has 0 radical (unpaired) electrons. The van der Waals surface area contributed by atoms with Gasteiger partial charge >= 0.3 is 0 Å². The number of aryl methyl sites for hydroxylation is 3. The number of rotatable bonds is 1. The molecule has 0 aliphatic rings. The van der Waals surface area contributed by atoms with Crippen LogP contribution >= 0.6 is 0 Å². The molecular weight excluding hydrogens is 246 g/mol. The average Bonchev–Trinajstić information content (AvgIpc) is 2.85. The van der Waals surface area contributed by atoms with Gasteiger partial charge in [-0.25, -0.2) is 0 Å². The van der Waals surface area contributed by atoms with Crippen LogP contribution in [0.2, 0.25) is 0 Å². The van der Waals surface area contributed by atoms with Crippen LogP contribution < -0.4 is 0 Å². The largest absolute Gasteiger partial charge is 0.268 e. The molecule has 0 saturated heterocycles. The Labute approximate surface area is 120 Å². The first-order valence-electron chi connectivity index (χ1n) is 7.00. The Hall–Kier alpha value is -2.16. The zero-order chi connectivity index (χ0) is 14.7. The second-order valence-electron chi connectivity index (χ2n) is 4.70. The number of hydrogen-bond acceptors (Lipinski definition) is 2. The summed E-state index contributed by atoms with van der Waals surface area (Å²) in [7, 11) is 1.95. The maximum absolute atomic E-state index is 4.50. The predicted molar refractivity (Wildman–Crippen MR) is 84.8 cm³/mol. The molecule has 0 atom stereocenters. The lowest BCUT2D eigenvalue weighted by Crippen LogP contribution is -1.90. The van der Waals surface area contributed by atoms with Crippen molar-refractivity contribution in [3.63, 3.8) is 0 Å². The molecule has 0 amide bonds. The highest BCUT2D eigenvalue weighted by molar-refractivity contribution is 5.83. The van der Waals surface area contributed by atoms with Gasteiger partial charge in [-0.3, -0.25) is 9.67 Å². The smallest absolute Gasteiger partial charge is 0.0705 e. The Balaban J connectivity index is 0.000000704. The van der Waals surface area contributed by atoms with E-state index in [2.05, 4.69) is 48.2 Å². The second-order valence-corrected chi connectivity index (χ2v) is 4.70. The molecule has 3 heteroatoms. The molecule has 0 saturated carbocycles. The highest BCUT2D eigenvalue weighted by Crippen LogP contribution is 2.23. The van der Waals surface area contributed by atoms with E-state index in [0.29, 0.717) is 0 Å². The third kappa shape index (κ3) is 2.57. The molecule has 20 heavy (non-hydrogen) atoms. The van der Waals surface area contributed by atoms with E-state index in [1.54, 1.807) is 0 Å². The van der Waals surface area contributed by atoms with Gasteiger partial charge in [0.15, 0.2) is 0 Å². The molecule has 0 N–H and O–H groups in total. The summed E-state index contributed by atoms with van der Waals surface area (Å²) in [5.41, 5.74) is 5.79. The minimum absolute atomic E-state index is 1.02. The minimum Gasteiger partial charge on any atom is -0.268 e. The van der Waals surface area contributed by atoms with E-state index in [4.69, 9.17) is 0 Å². The molecule has 0 aliphatic heterocycles. The fourth-order valence-electron chi connectivity index (χ4n) is 2.11. The van der Waals surface area contributed by atoms with Crippen molar-refractivity contribution in [2.75, 3.05) is 0 Å². The quantitative estimate of drug-likeness (QED) is 0.659. The summed E-state index contributed by atoms with van der Waals surface area (Å²) in [6.45, 7) is 8.19. The van der Waals surface area contributed by atoms with E-state index in [-0.39, 0.29) is 0 Å². The Kier molecular flexibility index (Phi) is 4.18. The van der Waals surface area contributed by atoms with E-state index in [9.17, 15) is 0 Å². The third-order valence-corrected chi connectivity index (χ3v) is 3.41. The van der Waals surface area contributed by atoms with E-state index in [1.165, 1.54) is 11.1 Å². The van der Waals surface area contributed by atoms with E-state index < -0.39 is 0 Å². The zero-order valence-corrected chi connectivity index (χ0v) is 12.8. The van der Waals surface area contributed by atoms with Gasteiger partial charge in [0.1, 0.15) is 0 Å². The lowest BCUT2D eigenvalue weighted by atomic mass is 10.1. The van der Waals surface area contributed by atoms with E-state index >= 15 is 0 Å². The van der Waals surface area contributed by atoms with Crippen molar-refractivity contribution >= 4 is 10.9 Å². The van der Waals surface area contributed by atoms with Gasteiger partial charge in [-0.05, 0) is 43.2 Å². The lowest BCUT2D eigenvalue weighted by Gasteiger charge is -2.05. The molecule has 1 aromatic carbocycles. The fraction of sp³-hybridized carbons (Fsp3) is 0.294. The summed E-state index contributed by atoms with van der Waals surface area (Å²) >= 11 is 0. The molecule has 3 rings (SSSR count). The summed E-state index contributed by atoms with van der Waals surface area (Å²) in [5.74, 6) is 0. The van der Waals surface area contributed by atoms with Gasteiger partial charge in [0.05, 0.1) is 17.4 Å². The summed E-state index contributed by atoms with van der Waals surface area (Å²) in [6, 6.07) is 8.46. The Morgan fingerprint density at radius 2 is 1.70 bits per heavy atom. The number of aromatic nitrogens is 3. The maximum atomic E-state index is 4.50. The molecule has 0 unspecified atom stereocenters. The summed E-state index contributed by atoms with van der Waals surface area (Å²) in [4.78, 5) is 4.50. The molecule has 0 aliphatic carbocycles. The van der Waals surface area contributed by atoms with Crippen molar-refractivity contribution < 1.29 is 0 Å². The van der Waals surface area contributed by atoms with E-state index in [0.717, 1.165) is 22.2 Å². The number of nitrogens with zero attached hydrogens (tertiary/aromatic N) is 3. The van der Waals surface area contributed by atoms with Crippen molar-refractivity contribution in [2.45, 2.75) is 27.7 Å². The van der Waals surface area contributed by atoms with Crippen molar-refractivity contribution in [3.8, 4) is 11.3 Å². The molecule has 3 aromatic rings. The van der Waals surface area contributed by atoms with Crippen LogP contribution in [-0.2, 0) is 7.05 Å². The van der Waals surface area contributed by atoms with Crippen LogP contribution in [0.4, 0.5) is 0 Å². The topological polar surface area (TPSA) is 30.7 Å². The number of fused-ring (bicyclic) bond motifs is 1. The van der Waals surface area contributed by atoms with Gasteiger partial charge in [-0.2, -0.15) is 5.10 Å². The number of benzene rings is 1. The van der Waals surface area contributed by atoms with Crippen LogP contribution in [0.25, 0.3) is 22.2 Å². The van der Waals surface area contributed by atoms with Crippen LogP contribution in [0.3, 0.4) is 0 Å². The van der Waals surface area contributed by atoms with Crippen molar-refractivity contribution in [3.05, 3.63) is 47.8 Å². The van der Waals surface area contributed by atoms with Gasteiger partial charge in [0.25, 0.3) is 0 Å². The van der Waals surface area contributed by atoms with Crippen LogP contribution in [0.15, 0.2) is 36.7 Å². The van der Waals surface area contributed by atoms with Gasteiger partial charge in [-0.15, -0.1) is 0 Å². The first kappa shape index (κ1) is 14.3. The lowest BCUT2D eigenvalue weighted by molar-refractivity contribution is 0.797. The van der Waals surface area contributed by atoms with E-state index in [1.807, 2.05) is 38.0 Å². The van der Waals surface area contributed by atoms with Crippen molar-refractivity contribution in [2.24, 2.45) is 7.05 Å². The third-order valence-electron chi connectivity index (χ3n) is 3.41. The predicted octanol–water partition coefficient (Wildman–Crippen LogP) is 4.28. The zero-order valence-electron chi connectivity index (χ0n) is 12.8. The Bertz CT molecular complexity index is 726. The molecular formula is C17H21N3. The van der Waals surface area contributed by atoms with Crippen molar-refractivity contribution in [1.82, 2.24) is 14.8 Å². The molecule has 3 nitrogen and oxygen atoms in total. The first-order chi connectivity index (χ1) is 9.65. The number of pyridine rings is 1. The molecule has 0 bridgehead atoms. The highest BCUT2D eigenvalue weighted by Gasteiger charge is 2.05. The summed E-state index contributed by atoms with van der Waals surface area (Å²) < 4.78 is 1.88. The molecule has 2 aromatic heterocycles. The Morgan fingerprint density at radius 1 is 0.950 bits per heavy atom. The monoisotopic (exact) mass is 267 g/mol.